The highest BCUT2D eigenvalue weighted by Gasteiger charge is 2.06. The highest BCUT2D eigenvalue weighted by molar-refractivity contribution is 9.10. The summed E-state index contributed by atoms with van der Waals surface area (Å²) in [6, 6.07) is 10.00. The normalized spacial score (nSPS) is 10.3. The number of benzene rings is 1. The molecule has 0 aliphatic heterocycles. The van der Waals surface area contributed by atoms with Crippen molar-refractivity contribution in [3.8, 4) is 11.6 Å². The monoisotopic (exact) mass is 324 g/mol. The number of rotatable bonds is 5. The van der Waals surface area contributed by atoms with Crippen LogP contribution in [0.25, 0.3) is 0 Å². The number of nitrogens with zero attached hydrogens (tertiary/aromatic N) is 1. The van der Waals surface area contributed by atoms with Gasteiger partial charge in [0, 0.05) is 17.1 Å². The van der Waals surface area contributed by atoms with Crippen molar-refractivity contribution < 1.29 is 9.13 Å². The maximum absolute atomic E-state index is 13.6. The molecule has 1 heterocycles. The molecule has 1 aromatic carbocycles. The SMILES string of the molecule is CCCNc1cccc(Oc2ccc(Br)cc2F)n1. The van der Waals surface area contributed by atoms with Gasteiger partial charge in [0.2, 0.25) is 5.88 Å². The van der Waals surface area contributed by atoms with E-state index >= 15 is 0 Å². The van der Waals surface area contributed by atoms with Crippen molar-refractivity contribution in [2.75, 3.05) is 11.9 Å². The summed E-state index contributed by atoms with van der Waals surface area (Å²) in [4.78, 5) is 4.26. The zero-order chi connectivity index (χ0) is 13.7. The van der Waals surface area contributed by atoms with Gasteiger partial charge in [0.1, 0.15) is 5.82 Å². The number of aromatic nitrogens is 1. The van der Waals surface area contributed by atoms with Gasteiger partial charge in [0.05, 0.1) is 0 Å². The molecule has 19 heavy (non-hydrogen) atoms. The predicted molar refractivity (Wildman–Crippen MR) is 77.2 cm³/mol. The Morgan fingerprint density at radius 3 is 2.89 bits per heavy atom. The van der Waals surface area contributed by atoms with Crippen LogP contribution in [0.4, 0.5) is 10.2 Å². The van der Waals surface area contributed by atoms with E-state index in [1.54, 1.807) is 18.2 Å². The third-order valence-corrected chi connectivity index (χ3v) is 2.88. The zero-order valence-corrected chi connectivity index (χ0v) is 12.1. The summed E-state index contributed by atoms with van der Waals surface area (Å²) in [5.41, 5.74) is 0. The van der Waals surface area contributed by atoms with E-state index in [1.807, 2.05) is 12.1 Å². The molecule has 2 rings (SSSR count). The van der Waals surface area contributed by atoms with Gasteiger partial charge in [-0.05, 0) is 30.7 Å². The van der Waals surface area contributed by atoms with Crippen LogP contribution in [0.15, 0.2) is 40.9 Å². The number of anilines is 1. The number of hydrogen-bond donors (Lipinski definition) is 1. The van der Waals surface area contributed by atoms with Gasteiger partial charge in [0.25, 0.3) is 0 Å². The van der Waals surface area contributed by atoms with E-state index in [0.29, 0.717) is 10.4 Å². The van der Waals surface area contributed by atoms with Crippen LogP contribution in [0, 0.1) is 5.82 Å². The molecule has 0 fully saturated rings. The molecule has 0 aliphatic rings. The Bertz CT molecular complexity index is 563. The highest BCUT2D eigenvalue weighted by atomic mass is 79.9. The second kappa shape index (κ2) is 6.52. The summed E-state index contributed by atoms with van der Waals surface area (Å²) >= 11 is 3.20. The quantitative estimate of drug-likeness (QED) is 0.872. The average Bonchev–Trinajstić information content (AvgIpc) is 2.40. The lowest BCUT2D eigenvalue weighted by Crippen LogP contribution is -2.02. The maximum Gasteiger partial charge on any atom is 0.221 e. The van der Waals surface area contributed by atoms with E-state index in [9.17, 15) is 4.39 Å². The Hall–Kier alpha value is -1.62. The Kier molecular flexibility index (Phi) is 4.74. The summed E-state index contributed by atoms with van der Waals surface area (Å²) in [6.45, 7) is 2.91. The number of halogens is 2. The van der Waals surface area contributed by atoms with Gasteiger partial charge in [-0.25, -0.2) is 4.39 Å². The summed E-state index contributed by atoms with van der Waals surface area (Å²) in [7, 11) is 0. The number of pyridine rings is 1. The molecular weight excluding hydrogens is 311 g/mol. The second-order valence-corrected chi connectivity index (χ2v) is 4.88. The van der Waals surface area contributed by atoms with Crippen molar-refractivity contribution in [3.05, 3.63) is 46.7 Å². The second-order valence-electron chi connectivity index (χ2n) is 3.96. The lowest BCUT2D eigenvalue weighted by atomic mass is 10.3. The lowest BCUT2D eigenvalue weighted by Gasteiger charge is -2.08. The molecule has 0 spiro atoms. The van der Waals surface area contributed by atoms with Crippen LogP contribution >= 0.6 is 15.9 Å². The van der Waals surface area contributed by atoms with E-state index in [1.165, 1.54) is 6.07 Å². The van der Waals surface area contributed by atoms with Crippen LogP contribution in [0.3, 0.4) is 0 Å². The Morgan fingerprint density at radius 1 is 1.32 bits per heavy atom. The van der Waals surface area contributed by atoms with Gasteiger partial charge in [0.15, 0.2) is 11.6 Å². The van der Waals surface area contributed by atoms with Gasteiger partial charge in [-0.15, -0.1) is 0 Å². The molecule has 0 unspecified atom stereocenters. The first-order chi connectivity index (χ1) is 9.19. The van der Waals surface area contributed by atoms with Crippen LogP contribution in [0.2, 0.25) is 0 Å². The predicted octanol–water partition coefficient (Wildman–Crippen LogP) is 4.60. The minimum Gasteiger partial charge on any atom is -0.436 e. The third kappa shape index (κ3) is 3.92. The molecule has 0 amide bonds. The molecule has 0 radical (unpaired) electrons. The van der Waals surface area contributed by atoms with Crippen molar-refractivity contribution in [2.45, 2.75) is 13.3 Å². The first-order valence-electron chi connectivity index (χ1n) is 6.03. The molecule has 100 valence electrons. The summed E-state index contributed by atoms with van der Waals surface area (Å²) in [5.74, 6) is 0.811. The highest BCUT2D eigenvalue weighted by Crippen LogP contribution is 2.26. The van der Waals surface area contributed by atoms with Crippen LogP contribution in [-0.4, -0.2) is 11.5 Å². The minimum absolute atomic E-state index is 0.156. The molecule has 0 saturated heterocycles. The topological polar surface area (TPSA) is 34.1 Å². The van der Waals surface area contributed by atoms with Crippen molar-refractivity contribution in [3.63, 3.8) is 0 Å². The standard InChI is InChI=1S/C14H14BrFN2O/c1-2-8-17-13-4-3-5-14(18-13)19-12-7-6-10(15)9-11(12)16/h3-7,9H,2,8H2,1H3,(H,17,18). The van der Waals surface area contributed by atoms with Gasteiger partial charge in [-0.2, -0.15) is 4.98 Å². The fourth-order valence-corrected chi connectivity index (χ4v) is 1.83. The molecule has 1 N–H and O–H groups in total. The van der Waals surface area contributed by atoms with Crippen LogP contribution in [-0.2, 0) is 0 Å². The molecule has 5 heteroatoms. The number of hydrogen-bond acceptors (Lipinski definition) is 3. The fourth-order valence-electron chi connectivity index (χ4n) is 1.49. The molecule has 2 aromatic rings. The van der Waals surface area contributed by atoms with Gasteiger partial charge >= 0.3 is 0 Å². The van der Waals surface area contributed by atoms with Crippen molar-refractivity contribution >= 4 is 21.7 Å². The molecule has 3 nitrogen and oxygen atoms in total. The van der Waals surface area contributed by atoms with Crippen molar-refractivity contribution in [1.29, 1.82) is 0 Å². The molecule has 0 saturated carbocycles. The van der Waals surface area contributed by atoms with E-state index in [-0.39, 0.29) is 5.75 Å². The smallest absolute Gasteiger partial charge is 0.221 e. The first kappa shape index (κ1) is 13.8. The number of nitrogens with one attached hydrogen (secondary N) is 1. The third-order valence-electron chi connectivity index (χ3n) is 2.39. The average molecular weight is 325 g/mol. The maximum atomic E-state index is 13.6. The minimum atomic E-state index is -0.428. The fraction of sp³-hybridized carbons (Fsp3) is 0.214. The van der Waals surface area contributed by atoms with Gasteiger partial charge in [-0.3, -0.25) is 0 Å². The first-order valence-corrected chi connectivity index (χ1v) is 6.82. The van der Waals surface area contributed by atoms with Crippen molar-refractivity contribution in [1.82, 2.24) is 4.98 Å². The Morgan fingerprint density at radius 2 is 2.16 bits per heavy atom. The molecule has 1 aromatic heterocycles. The van der Waals surface area contributed by atoms with Crippen LogP contribution in [0.5, 0.6) is 11.6 Å². The van der Waals surface area contributed by atoms with Crippen LogP contribution in [0.1, 0.15) is 13.3 Å². The van der Waals surface area contributed by atoms with E-state index in [4.69, 9.17) is 4.74 Å². The van der Waals surface area contributed by atoms with Crippen molar-refractivity contribution in [2.24, 2.45) is 0 Å². The van der Waals surface area contributed by atoms with Crippen LogP contribution < -0.4 is 10.1 Å². The zero-order valence-electron chi connectivity index (χ0n) is 10.5. The molecule has 0 atom stereocenters. The molecular formula is C14H14BrFN2O. The molecule has 0 bridgehead atoms. The Labute approximate surface area is 119 Å². The lowest BCUT2D eigenvalue weighted by molar-refractivity contribution is 0.428. The Balaban J connectivity index is 2.14. The van der Waals surface area contributed by atoms with E-state index < -0.39 is 5.82 Å². The summed E-state index contributed by atoms with van der Waals surface area (Å²) in [6.07, 6.45) is 1.01. The largest absolute Gasteiger partial charge is 0.436 e. The number of ether oxygens (including phenoxy) is 1. The van der Waals surface area contributed by atoms with Gasteiger partial charge < -0.3 is 10.1 Å². The van der Waals surface area contributed by atoms with E-state index in [2.05, 4.69) is 33.2 Å². The summed E-state index contributed by atoms with van der Waals surface area (Å²) < 4.78 is 19.7. The van der Waals surface area contributed by atoms with Gasteiger partial charge in [-0.1, -0.05) is 28.9 Å². The molecule has 0 aliphatic carbocycles. The summed E-state index contributed by atoms with van der Waals surface area (Å²) in [5, 5.41) is 3.15. The van der Waals surface area contributed by atoms with E-state index in [0.717, 1.165) is 18.8 Å².